The van der Waals surface area contributed by atoms with Crippen LogP contribution in [0.3, 0.4) is 0 Å². The number of fused-ring (bicyclic) bond motifs is 2. The first-order valence-corrected chi connectivity index (χ1v) is 12.2. The van der Waals surface area contributed by atoms with E-state index >= 15 is 0 Å². The molecule has 4 nitrogen and oxygen atoms in total. The summed E-state index contributed by atoms with van der Waals surface area (Å²) in [6, 6.07) is 23.6. The zero-order valence-electron chi connectivity index (χ0n) is 19.3. The number of nitrogens with zero attached hydrogens (tertiary/aromatic N) is 1. The molecule has 0 bridgehead atoms. The number of carboxylic acid groups (broad SMARTS) is 1. The topological polar surface area (TPSA) is 59.4 Å². The van der Waals surface area contributed by atoms with Crippen molar-refractivity contribution in [2.45, 2.75) is 32.8 Å². The summed E-state index contributed by atoms with van der Waals surface area (Å²) in [7, 11) is 0. The van der Waals surface area contributed by atoms with Crippen molar-refractivity contribution >= 4 is 38.3 Å². The van der Waals surface area contributed by atoms with Crippen molar-refractivity contribution in [3.05, 3.63) is 94.9 Å². The Morgan fingerprint density at radius 3 is 2.50 bits per heavy atom. The number of benzene rings is 3. The van der Waals surface area contributed by atoms with Crippen LogP contribution in [0.2, 0.25) is 0 Å². The number of pyridine rings is 1. The normalized spacial score (nSPS) is 11.7. The van der Waals surface area contributed by atoms with Crippen LogP contribution in [0.25, 0.3) is 32.2 Å². The minimum atomic E-state index is -0.996. The van der Waals surface area contributed by atoms with Crippen molar-refractivity contribution in [3.63, 3.8) is 0 Å². The zero-order chi connectivity index (χ0) is 23.9. The number of carboxylic acids is 1. The maximum Gasteiger partial charge on any atom is 0.336 e. The minimum absolute atomic E-state index is 0.199. The molecule has 5 heteroatoms. The lowest BCUT2D eigenvalue weighted by Crippen LogP contribution is -2.25. The van der Waals surface area contributed by atoms with Crippen molar-refractivity contribution in [3.8, 4) is 17.0 Å². The van der Waals surface area contributed by atoms with Crippen LogP contribution in [-0.2, 0) is 12.0 Å². The lowest BCUT2D eigenvalue weighted by Gasteiger charge is -2.28. The van der Waals surface area contributed by atoms with E-state index in [0.717, 1.165) is 33.2 Å². The van der Waals surface area contributed by atoms with Crippen molar-refractivity contribution in [1.82, 2.24) is 4.98 Å². The summed E-state index contributed by atoms with van der Waals surface area (Å²) < 4.78 is 7.64. The van der Waals surface area contributed by atoms with E-state index in [9.17, 15) is 9.90 Å². The van der Waals surface area contributed by atoms with Crippen LogP contribution in [0.5, 0.6) is 5.75 Å². The minimum Gasteiger partial charge on any atom is -0.482 e. The average molecular weight is 468 g/mol. The third kappa shape index (κ3) is 3.82. The van der Waals surface area contributed by atoms with Gasteiger partial charge < -0.3 is 9.84 Å². The highest BCUT2D eigenvalue weighted by atomic mass is 32.1. The second-order valence-corrected chi connectivity index (χ2v) is 9.70. The molecule has 5 rings (SSSR count). The van der Waals surface area contributed by atoms with E-state index < -0.39 is 11.6 Å². The van der Waals surface area contributed by atoms with E-state index in [2.05, 4.69) is 24.4 Å². The lowest BCUT2D eigenvalue weighted by molar-refractivity contribution is 0.0697. The van der Waals surface area contributed by atoms with Gasteiger partial charge in [-0.15, -0.1) is 11.3 Å². The Balaban J connectivity index is 1.74. The second kappa shape index (κ2) is 8.58. The van der Waals surface area contributed by atoms with Crippen LogP contribution in [0.15, 0.2) is 78.2 Å². The molecule has 0 aliphatic heterocycles. The third-order valence-electron chi connectivity index (χ3n) is 6.21. The molecule has 0 spiro atoms. The maximum absolute atomic E-state index is 12.5. The van der Waals surface area contributed by atoms with E-state index in [1.807, 2.05) is 68.4 Å². The van der Waals surface area contributed by atoms with Crippen LogP contribution < -0.4 is 4.74 Å². The molecule has 1 N–H and O–H groups in total. The molecule has 0 radical (unpaired) electrons. The smallest absolute Gasteiger partial charge is 0.336 e. The van der Waals surface area contributed by atoms with E-state index in [1.165, 1.54) is 0 Å². The molecule has 3 aromatic carbocycles. The van der Waals surface area contributed by atoms with Crippen LogP contribution >= 0.6 is 11.3 Å². The number of aryl methyl sites for hydroxylation is 1. The Kier molecular flexibility index (Phi) is 5.58. The van der Waals surface area contributed by atoms with Crippen LogP contribution in [-0.4, -0.2) is 16.1 Å². The number of thiophene rings is 1. The molecule has 0 aliphatic carbocycles. The molecule has 0 aliphatic rings. The first kappa shape index (κ1) is 22.1. The highest BCUT2D eigenvalue weighted by Gasteiger charge is 2.26. The Morgan fingerprint density at radius 2 is 1.76 bits per heavy atom. The molecule has 0 saturated carbocycles. The standard InChI is InChI=1S/C29H25NO3S/c1-4-18-14-15-24(33-29(2,3)19-10-6-5-7-11-19)26-21(28(31)32)16-23(30-27(18)26)22-17-34-25-13-9-8-12-20(22)25/h5-17H,4H2,1-3H3,(H,31,32). The molecule has 0 fully saturated rings. The van der Waals surface area contributed by atoms with Gasteiger partial charge in [-0.1, -0.05) is 61.5 Å². The molecule has 34 heavy (non-hydrogen) atoms. The van der Waals surface area contributed by atoms with Gasteiger partial charge in [0.05, 0.1) is 22.2 Å². The molecule has 5 aromatic rings. The molecule has 0 saturated heterocycles. The highest BCUT2D eigenvalue weighted by Crippen LogP contribution is 2.39. The van der Waals surface area contributed by atoms with Gasteiger partial charge in [-0.2, -0.15) is 0 Å². The summed E-state index contributed by atoms with van der Waals surface area (Å²) in [6.45, 7) is 6.03. The van der Waals surface area contributed by atoms with Gasteiger partial charge in [0, 0.05) is 21.0 Å². The predicted octanol–water partition coefficient (Wildman–Crippen LogP) is 7.69. The van der Waals surface area contributed by atoms with Crippen LogP contribution in [0, 0.1) is 0 Å². The monoisotopic (exact) mass is 467 g/mol. The first-order chi connectivity index (χ1) is 16.4. The highest BCUT2D eigenvalue weighted by molar-refractivity contribution is 7.17. The lowest BCUT2D eigenvalue weighted by atomic mass is 9.96. The Bertz CT molecular complexity index is 1520. The summed E-state index contributed by atoms with van der Waals surface area (Å²) in [5.41, 5.74) is 3.83. The summed E-state index contributed by atoms with van der Waals surface area (Å²) >= 11 is 1.63. The van der Waals surface area contributed by atoms with Gasteiger partial charge in [-0.05, 0) is 49.6 Å². The first-order valence-electron chi connectivity index (χ1n) is 11.3. The Labute approximate surface area is 202 Å². The van der Waals surface area contributed by atoms with Crippen molar-refractivity contribution in [2.24, 2.45) is 0 Å². The fourth-order valence-corrected chi connectivity index (χ4v) is 5.35. The summed E-state index contributed by atoms with van der Waals surface area (Å²) in [6.07, 6.45) is 0.735. The van der Waals surface area contributed by atoms with E-state index in [0.29, 0.717) is 22.3 Å². The van der Waals surface area contributed by atoms with Crippen molar-refractivity contribution < 1.29 is 14.6 Å². The molecule has 0 amide bonds. The van der Waals surface area contributed by atoms with E-state index in [1.54, 1.807) is 17.4 Å². The van der Waals surface area contributed by atoms with Gasteiger partial charge in [0.15, 0.2) is 0 Å². The summed E-state index contributed by atoms with van der Waals surface area (Å²) in [5, 5.41) is 13.9. The van der Waals surface area contributed by atoms with Gasteiger partial charge in [-0.25, -0.2) is 9.78 Å². The fourth-order valence-electron chi connectivity index (χ4n) is 4.39. The number of aromatic nitrogens is 1. The van der Waals surface area contributed by atoms with Gasteiger partial charge >= 0.3 is 5.97 Å². The molecule has 0 unspecified atom stereocenters. The Hall–Kier alpha value is -3.70. The van der Waals surface area contributed by atoms with Gasteiger partial charge in [0.25, 0.3) is 0 Å². The summed E-state index contributed by atoms with van der Waals surface area (Å²) in [4.78, 5) is 17.5. The van der Waals surface area contributed by atoms with Gasteiger partial charge in [-0.3, -0.25) is 0 Å². The maximum atomic E-state index is 12.5. The van der Waals surface area contributed by atoms with E-state index in [4.69, 9.17) is 9.72 Å². The zero-order valence-corrected chi connectivity index (χ0v) is 20.1. The third-order valence-corrected chi connectivity index (χ3v) is 7.17. The van der Waals surface area contributed by atoms with Gasteiger partial charge in [0.1, 0.15) is 11.4 Å². The molecule has 2 heterocycles. The number of ether oxygens (including phenoxy) is 1. The SMILES string of the molecule is CCc1ccc(OC(C)(C)c2ccccc2)c2c(C(=O)O)cc(-c3csc4ccccc34)nc12. The number of aromatic carboxylic acids is 1. The van der Waals surface area contributed by atoms with Crippen molar-refractivity contribution in [1.29, 1.82) is 0 Å². The quantitative estimate of drug-likeness (QED) is 0.278. The number of carbonyl (C=O) groups is 1. The second-order valence-electron chi connectivity index (χ2n) is 8.78. The largest absolute Gasteiger partial charge is 0.482 e. The van der Waals surface area contributed by atoms with Crippen molar-refractivity contribution in [2.75, 3.05) is 0 Å². The van der Waals surface area contributed by atoms with Crippen LogP contribution in [0.1, 0.15) is 42.3 Å². The number of hydrogen-bond acceptors (Lipinski definition) is 4. The molecular formula is C29H25NO3S. The molecule has 0 atom stereocenters. The number of hydrogen-bond donors (Lipinski definition) is 1. The molecular weight excluding hydrogens is 442 g/mol. The molecule has 170 valence electrons. The van der Waals surface area contributed by atoms with Crippen LogP contribution in [0.4, 0.5) is 0 Å². The summed E-state index contributed by atoms with van der Waals surface area (Å²) in [5.74, 6) is -0.475. The van der Waals surface area contributed by atoms with Gasteiger partial charge in [0.2, 0.25) is 0 Å². The predicted molar refractivity (Wildman–Crippen MR) is 139 cm³/mol. The fraction of sp³-hybridized carbons (Fsp3) is 0.172. The van der Waals surface area contributed by atoms with E-state index in [-0.39, 0.29) is 5.56 Å². The number of rotatable bonds is 6. The average Bonchev–Trinajstić information content (AvgIpc) is 3.28. The Morgan fingerprint density at radius 1 is 1.03 bits per heavy atom. The molecule has 2 aromatic heterocycles.